The number of unbranched alkanes of at least 4 members (excludes halogenated alkanes) is 5. The van der Waals surface area contributed by atoms with E-state index in [1.54, 1.807) is 0 Å². The van der Waals surface area contributed by atoms with Crippen molar-refractivity contribution in [2.45, 2.75) is 51.6 Å². The van der Waals surface area contributed by atoms with Crippen molar-refractivity contribution in [2.24, 2.45) is 0 Å². The van der Waals surface area contributed by atoms with Crippen LogP contribution in [0.1, 0.15) is 62.1 Å². The van der Waals surface area contributed by atoms with Crippen molar-refractivity contribution < 1.29 is 35.5 Å². The van der Waals surface area contributed by atoms with E-state index < -0.39 is 51.9 Å². The van der Waals surface area contributed by atoms with Gasteiger partial charge in [0, 0.05) is 5.56 Å². The summed E-state index contributed by atoms with van der Waals surface area (Å²) in [5.41, 5.74) is -2.57. The molecule has 0 aromatic heterocycles. The molecule has 0 spiro atoms. The molecular weight excluding hydrogens is 425 g/mol. The first-order chi connectivity index (χ1) is 14.7. The van der Waals surface area contributed by atoms with Crippen LogP contribution in [0.2, 0.25) is 0 Å². The number of ether oxygens (including phenoxy) is 1. The van der Waals surface area contributed by atoms with Crippen LogP contribution in [0.3, 0.4) is 0 Å². The quantitative estimate of drug-likeness (QED) is 0.201. The van der Waals surface area contributed by atoms with Gasteiger partial charge in [0.1, 0.15) is 0 Å². The third kappa shape index (κ3) is 6.74. The number of rotatable bonds is 10. The predicted octanol–water partition coefficient (Wildman–Crippen LogP) is 8.49. The fourth-order valence-corrected chi connectivity index (χ4v) is 2.93. The van der Waals surface area contributed by atoms with E-state index in [-0.39, 0.29) is 6.61 Å². The van der Waals surface area contributed by atoms with Gasteiger partial charge in [0.15, 0.2) is 23.2 Å². The van der Waals surface area contributed by atoms with Crippen molar-refractivity contribution in [3.05, 3.63) is 64.7 Å². The van der Waals surface area contributed by atoms with Gasteiger partial charge in [-0.05, 0) is 30.7 Å². The molecule has 0 bridgehead atoms. The van der Waals surface area contributed by atoms with E-state index in [2.05, 4.69) is 6.92 Å². The summed E-state index contributed by atoms with van der Waals surface area (Å²) in [4.78, 5) is 0. The summed E-state index contributed by atoms with van der Waals surface area (Å²) < 4.78 is 100. The van der Waals surface area contributed by atoms with E-state index >= 15 is 0 Å². The predicted molar refractivity (Wildman–Crippen MR) is 106 cm³/mol. The molecular formula is C23H23F7O. The summed E-state index contributed by atoms with van der Waals surface area (Å²) >= 11 is 0. The molecule has 0 amide bonds. The number of hydrogen-bond donors (Lipinski definition) is 0. The molecule has 0 radical (unpaired) electrons. The molecule has 0 unspecified atom stereocenters. The van der Waals surface area contributed by atoms with E-state index in [0.717, 1.165) is 44.2 Å². The van der Waals surface area contributed by atoms with Crippen LogP contribution in [-0.2, 0) is 6.18 Å². The maximum Gasteiger partial charge on any atom is 0.416 e. The Hall–Kier alpha value is -2.51. The normalized spacial score (nSPS) is 12.6. The van der Waals surface area contributed by atoms with Crippen LogP contribution in [0.15, 0.2) is 36.4 Å². The fourth-order valence-electron chi connectivity index (χ4n) is 2.93. The zero-order valence-corrected chi connectivity index (χ0v) is 17.0. The molecule has 170 valence electrons. The summed E-state index contributed by atoms with van der Waals surface area (Å²) in [6.45, 7) is 2.25. The van der Waals surface area contributed by atoms with Gasteiger partial charge >= 0.3 is 6.18 Å². The average molecular weight is 448 g/mol. The molecule has 0 aliphatic heterocycles. The van der Waals surface area contributed by atoms with E-state index in [9.17, 15) is 30.7 Å². The Morgan fingerprint density at radius 2 is 1.39 bits per heavy atom. The smallest absolute Gasteiger partial charge is 0.416 e. The van der Waals surface area contributed by atoms with Crippen LogP contribution >= 0.6 is 0 Å². The molecule has 0 atom stereocenters. The number of hydrogen-bond acceptors (Lipinski definition) is 1. The minimum atomic E-state index is -4.64. The van der Waals surface area contributed by atoms with Gasteiger partial charge in [-0.3, -0.25) is 0 Å². The summed E-state index contributed by atoms with van der Waals surface area (Å²) in [6, 6.07) is 4.38. The van der Waals surface area contributed by atoms with Gasteiger partial charge in [-0.15, -0.1) is 0 Å². The highest BCUT2D eigenvalue weighted by atomic mass is 19.4. The highest BCUT2D eigenvalue weighted by Gasteiger charge is 2.30. The molecule has 0 aliphatic rings. The Morgan fingerprint density at radius 1 is 0.774 bits per heavy atom. The first kappa shape index (κ1) is 24.8. The molecule has 31 heavy (non-hydrogen) atoms. The van der Waals surface area contributed by atoms with Gasteiger partial charge < -0.3 is 4.74 Å². The van der Waals surface area contributed by atoms with Crippen LogP contribution < -0.4 is 4.74 Å². The van der Waals surface area contributed by atoms with E-state index in [1.165, 1.54) is 0 Å². The SMILES string of the molecule is CCCCCCCCOc1ccc(/C(F)=C(\F)c2ccc(C(F)(F)F)cc2)c(F)c1F. The van der Waals surface area contributed by atoms with E-state index in [0.29, 0.717) is 30.7 Å². The zero-order chi connectivity index (χ0) is 23.0. The minimum absolute atomic E-state index is 0.153. The topological polar surface area (TPSA) is 9.23 Å². The Balaban J connectivity index is 2.11. The van der Waals surface area contributed by atoms with E-state index in [4.69, 9.17) is 4.74 Å². The Morgan fingerprint density at radius 3 is 2.00 bits per heavy atom. The second-order valence-electron chi connectivity index (χ2n) is 7.06. The lowest BCUT2D eigenvalue weighted by Crippen LogP contribution is -2.04. The van der Waals surface area contributed by atoms with Gasteiger partial charge in [-0.25, -0.2) is 13.2 Å². The first-order valence-corrected chi connectivity index (χ1v) is 10.0. The number of benzene rings is 2. The van der Waals surface area contributed by atoms with Crippen molar-refractivity contribution in [1.82, 2.24) is 0 Å². The third-order valence-electron chi connectivity index (χ3n) is 4.70. The molecule has 0 N–H and O–H groups in total. The highest BCUT2D eigenvalue weighted by molar-refractivity contribution is 5.83. The zero-order valence-electron chi connectivity index (χ0n) is 17.0. The molecule has 1 nitrogen and oxygen atoms in total. The maximum atomic E-state index is 14.4. The van der Waals surface area contributed by atoms with Crippen molar-refractivity contribution in [1.29, 1.82) is 0 Å². The molecule has 0 saturated carbocycles. The summed E-state index contributed by atoms with van der Waals surface area (Å²) in [5, 5.41) is 0. The van der Waals surface area contributed by atoms with Gasteiger partial charge in [-0.2, -0.15) is 17.6 Å². The molecule has 2 aromatic rings. The summed E-state index contributed by atoms with van der Waals surface area (Å²) in [6.07, 6.45) is 1.21. The molecule has 8 heteroatoms. The van der Waals surface area contributed by atoms with Crippen molar-refractivity contribution in [3.63, 3.8) is 0 Å². The Bertz CT molecular complexity index is 886. The lowest BCUT2D eigenvalue weighted by molar-refractivity contribution is -0.137. The standard InChI is InChI=1S/C23H23F7O/c1-2-3-4-5-6-7-14-31-18-13-12-17(21(26)22(18)27)20(25)19(24)15-8-10-16(11-9-15)23(28,29)30/h8-13H,2-7,14H2,1H3/b20-19+. The van der Waals surface area contributed by atoms with Gasteiger partial charge in [-0.1, -0.05) is 51.2 Å². The van der Waals surface area contributed by atoms with E-state index in [1.807, 2.05) is 0 Å². The van der Waals surface area contributed by atoms with Gasteiger partial charge in [0.05, 0.1) is 17.7 Å². The van der Waals surface area contributed by atoms with Crippen molar-refractivity contribution in [2.75, 3.05) is 6.61 Å². The lowest BCUT2D eigenvalue weighted by Gasteiger charge is -2.11. The monoisotopic (exact) mass is 448 g/mol. The molecule has 0 saturated heterocycles. The second kappa shape index (κ2) is 11.2. The van der Waals surface area contributed by atoms with Crippen molar-refractivity contribution in [3.8, 4) is 5.75 Å². The Kier molecular flexibility index (Phi) is 8.95. The summed E-state index contributed by atoms with van der Waals surface area (Å²) in [7, 11) is 0. The number of halogens is 7. The van der Waals surface area contributed by atoms with Crippen molar-refractivity contribution >= 4 is 11.7 Å². The first-order valence-electron chi connectivity index (χ1n) is 10.0. The molecule has 0 fully saturated rings. The number of alkyl halides is 3. The van der Waals surface area contributed by atoms with Gasteiger partial charge in [0.2, 0.25) is 5.82 Å². The fraction of sp³-hybridized carbons (Fsp3) is 0.391. The van der Waals surface area contributed by atoms with Crippen LogP contribution in [0.5, 0.6) is 5.75 Å². The molecule has 0 heterocycles. The van der Waals surface area contributed by atoms with Gasteiger partial charge in [0.25, 0.3) is 0 Å². The second-order valence-corrected chi connectivity index (χ2v) is 7.06. The lowest BCUT2D eigenvalue weighted by atomic mass is 10.1. The largest absolute Gasteiger partial charge is 0.490 e. The third-order valence-corrected chi connectivity index (χ3v) is 4.70. The van der Waals surface area contributed by atoms with Crippen LogP contribution in [-0.4, -0.2) is 6.61 Å². The van der Waals surface area contributed by atoms with Crippen LogP contribution in [0, 0.1) is 11.6 Å². The van der Waals surface area contributed by atoms with Crippen LogP contribution in [0.25, 0.3) is 11.7 Å². The van der Waals surface area contributed by atoms with Crippen LogP contribution in [0.4, 0.5) is 30.7 Å². The summed E-state index contributed by atoms with van der Waals surface area (Å²) in [5.74, 6) is -6.84. The minimum Gasteiger partial charge on any atom is -0.490 e. The molecule has 2 rings (SSSR count). The molecule has 0 aliphatic carbocycles. The highest BCUT2D eigenvalue weighted by Crippen LogP contribution is 2.35. The Labute approximate surface area is 176 Å². The maximum absolute atomic E-state index is 14.4. The average Bonchev–Trinajstić information content (AvgIpc) is 2.74. The molecule has 2 aromatic carbocycles.